The van der Waals surface area contributed by atoms with E-state index < -0.39 is 139 Å². The maximum Gasteiger partial charge on any atom is 0.343 e. The lowest BCUT2D eigenvalue weighted by molar-refractivity contribution is -0.301. The molecule has 10 N–H and O–H groups in total. The molecule has 1 aromatic carbocycles. The fourth-order valence-electron chi connectivity index (χ4n) is 10.1. The number of benzene rings is 1. The summed E-state index contributed by atoms with van der Waals surface area (Å²) in [7, 11) is 0. The molecule has 5 aliphatic rings. The van der Waals surface area contributed by atoms with Gasteiger partial charge in [-0.1, -0.05) is 20.8 Å². The van der Waals surface area contributed by atoms with Crippen LogP contribution < -0.4 is 32.1 Å². The number of rotatable bonds is 19. The maximum atomic E-state index is 15.5. The molecule has 0 unspecified atom stereocenters. The minimum Gasteiger partial charge on any atom is -0.458 e. The average Bonchev–Trinajstić information content (AvgIpc) is 3.94. The van der Waals surface area contributed by atoms with Crippen LogP contribution in [-0.2, 0) is 77.7 Å². The van der Waals surface area contributed by atoms with E-state index >= 15 is 4.39 Å². The van der Waals surface area contributed by atoms with Gasteiger partial charge < -0.3 is 70.9 Å². The Hall–Kier alpha value is -7.07. The van der Waals surface area contributed by atoms with E-state index in [0.717, 1.165) is 12.2 Å². The number of carbonyl (C=O) groups excluding carboxylic acids is 8. The van der Waals surface area contributed by atoms with Crippen molar-refractivity contribution in [2.45, 2.75) is 127 Å². The molecule has 1 saturated heterocycles. The van der Waals surface area contributed by atoms with Crippen LogP contribution >= 0.6 is 0 Å². The Morgan fingerprint density at radius 3 is 2.29 bits per heavy atom. The van der Waals surface area contributed by atoms with Crippen molar-refractivity contribution in [3.8, 4) is 11.4 Å². The zero-order valence-corrected chi connectivity index (χ0v) is 41.8. The van der Waals surface area contributed by atoms with Gasteiger partial charge >= 0.3 is 5.97 Å². The van der Waals surface area contributed by atoms with E-state index in [2.05, 4.69) is 26.6 Å². The van der Waals surface area contributed by atoms with Crippen LogP contribution in [0, 0.1) is 18.7 Å². The van der Waals surface area contributed by atoms with Gasteiger partial charge in [0.1, 0.15) is 55.5 Å². The van der Waals surface area contributed by atoms with Crippen molar-refractivity contribution >= 4 is 58.2 Å². The summed E-state index contributed by atoms with van der Waals surface area (Å²) in [5.41, 5.74) is 0.646. The number of ether oxygens (including phenoxy) is 3. The molecule has 9 atom stereocenters. The monoisotopic (exact) mass is 1060 g/mol. The van der Waals surface area contributed by atoms with Gasteiger partial charge in [-0.3, -0.25) is 43.3 Å². The third kappa shape index (κ3) is 10.6. The molecule has 1 fully saturated rings. The highest BCUT2D eigenvalue weighted by Gasteiger charge is 2.47. The van der Waals surface area contributed by atoms with Gasteiger partial charge in [-0.15, -0.1) is 0 Å². The van der Waals surface area contributed by atoms with Gasteiger partial charge in [0.15, 0.2) is 11.9 Å². The standard InChI is InChI=1S/C50H59FN8O17/c1-5-50(73)26-14-31-41-24(16-58(31)47(71)25(26)19-75-49(50)72)39-28(7-6-23-22(4)27(51)15-29(55-41)38(23)39)54-33(61)11-13-53-45(69)30(20-74-48-44(68)43(67)42(66)32(18-60)76-48)56-46(70)40(21(2)3)57-34(62)10-12-52-35(63)17-59-36(64)8-9-37(59)65/h8-9,14-15,21,28,30,32,40,42-44,48,60,66-68,73H,5-7,10-13,16-20H2,1-4H3,(H,52,63)(H,53,69)(H,54,61)(H,56,70)(H,57,62)/t28-,30-,32+,40-,42+,43-,44+,48+,50-/m0/s1. The minimum atomic E-state index is -2.10. The topological polar surface area (TPSA) is 364 Å². The number of amides is 7. The van der Waals surface area contributed by atoms with Crippen LogP contribution in [0.2, 0.25) is 0 Å². The van der Waals surface area contributed by atoms with Crippen molar-refractivity contribution in [1.82, 2.24) is 41.0 Å². The van der Waals surface area contributed by atoms with Crippen molar-refractivity contribution in [1.29, 1.82) is 0 Å². The number of hydrogen-bond donors (Lipinski definition) is 10. The summed E-state index contributed by atoms with van der Waals surface area (Å²) < 4.78 is 33.2. The van der Waals surface area contributed by atoms with Gasteiger partial charge in [0.2, 0.25) is 29.5 Å². The van der Waals surface area contributed by atoms with Crippen molar-refractivity contribution in [3.05, 3.63) is 73.8 Å². The Bertz CT molecular complexity index is 2980. The molecule has 4 aliphatic heterocycles. The smallest absolute Gasteiger partial charge is 0.343 e. The number of aromatic nitrogens is 2. The number of fused-ring (bicyclic) bond motifs is 5. The fraction of sp³-hybridized carbons (Fsp3) is 0.520. The molecule has 26 heteroatoms. The van der Waals surface area contributed by atoms with E-state index in [1.54, 1.807) is 27.7 Å². The van der Waals surface area contributed by atoms with Crippen molar-refractivity contribution in [2.75, 3.05) is 32.8 Å². The lowest BCUT2D eigenvalue weighted by Crippen LogP contribution is -2.61. The largest absolute Gasteiger partial charge is 0.458 e. The summed E-state index contributed by atoms with van der Waals surface area (Å²) >= 11 is 0. The molecular formula is C50H59FN8O17. The highest BCUT2D eigenvalue weighted by molar-refractivity contribution is 6.14. The van der Waals surface area contributed by atoms with Crippen LogP contribution in [0.25, 0.3) is 22.3 Å². The Balaban J connectivity index is 0.961. The molecule has 2 aromatic heterocycles. The quantitative estimate of drug-likeness (QED) is 0.0331. The lowest BCUT2D eigenvalue weighted by atomic mass is 9.81. The van der Waals surface area contributed by atoms with Gasteiger partial charge in [0.25, 0.3) is 17.4 Å². The summed E-state index contributed by atoms with van der Waals surface area (Å²) in [4.78, 5) is 123. The number of hydrogen-bond acceptors (Lipinski definition) is 18. The first-order chi connectivity index (χ1) is 36.1. The number of imide groups is 1. The maximum absolute atomic E-state index is 15.5. The number of esters is 1. The zero-order chi connectivity index (χ0) is 55.1. The number of aliphatic hydroxyl groups is 5. The number of nitrogens with zero attached hydrogens (tertiary/aromatic N) is 3. The Morgan fingerprint density at radius 2 is 1.61 bits per heavy atom. The number of cyclic esters (lactones) is 1. The Morgan fingerprint density at radius 1 is 0.908 bits per heavy atom. The third-order valence-electron chi connectivity index (χ3n) is 14.4. The van der Waals surface area contributed by atoms with Gasteiger partial charge in [0, 0.05) is 60.7 Å². The lowest BCUT2D eigenvalue weighted by Gasteiger charge is -2.40. The molecule has 0 saturated carbocycles. The second-order valence-electron chi connectivity index (χ2n) is 19.6. The summed E-state index contributed by atoms with van der Waals surface area (Å²) in [6.07, 6.45) is -6.65. The summed E-state index contributed by atoms with van der Waals surface area (Å²) in [6.45, 7) is 3.36. The third-order valence-corrected chi connectivity index (χ3v) is 14.4. The Kier molecular flexibility index (Phi) is 16.2. The molecule has 25 nitrogen and oxygen atoms in total. The number of aryl methyl sites for hydroxylation is 1. The van der Waals surface area contributed by atoms with E-state index in [4.69, 9.17) is 19.2 Å². The van der Waals surface area contributed by atoms with E-state index in [1.165, 1.54) is 16.7 Å². The molecule has 0 bridgehead atoms. The van der Waals surface area contributed by atoms with Crippen molar-refractivity contribution in [2.24, 2.45) is 5.92 Å². The predicted molar refractivity (Wildman–Crippen MR) is 258 cm³/mol. The number of aliphatic hydroxyl groups excluding tert-OH is 4. The van der Waals surface area contributed by atoms with Crippen LogP contribution in [0.1, 0.15) is 85.9 Å². The minimum absolute atomic E-state index is 0.00493. The molecule has 0 spiro atoms. The average molecular weight is 1060 g/mol. The molecule has 0 radical (unpaired) electrons. The van der Waals surface area contributed by atoms with Crippen LogP contribution in [0.15, 0.2) is 29.1 Å². The Labute approximate surface area is 432 Å². The van der Waals surface area contributed by atoms with E-state index in [9.17, 15) is 68.7 Å². The first kappa shape index (κ1) is 55.2. The van der Waals surface area contributed by atoms with Crippen LogP contribution in [0.4, 0.5) is 4.39 Å². The van der Waals surface area contributed by atoms with Gasteiger partial charge in [-0.05, 0) is 54.9 Å². The summed E-state index contributed by atoms with van der Waals surface area (Å²) in [6, 6.07) is -0.827. The molecule has 7 amide bonds. The van der Waals surface area contributed by atoms with Crippen LogP contribution in [0.5, 0.6) is 0 Å². The second-order valence-corrected chi connectivity index (χ2v) is 19.6. The number of pyridine rings is 2. The molecule has 3 aromatic rings. The highest BCUT2D eigenvalue weighted by Crippen LogP contribution is 2.46. The van der Waals surface area contributed by atoms with E-state index in [-0.39, 0.29) is 67.8 Å². The van der Waals surface area contributed by atoms with Crippen molar-refractivity contribution < 1.29 is 82.5 Å². The zero-order valence-electron chi connectivity index (χ0n) is 41.8. The molecule has 76 heavy (non-hydrogen) atoms. The van der Waals surface area contributed by atoms with Crippen LogP contribution in [-0.4, -0.2) is 163 Å². The van der Waals surface area contributed by atoms with E-state index in [0.29, 0.717) is 51.1 Å². The van der Waals surface area contributed by atoms with Crippen molar-refractivity contribution in [3.63, 3.8) is 0 Å². The van der Waals surface area contributed by atoms with Gasteiger partial charge in [0.05, 0.1) is 48.3 Å². The highest BCUT2D eigenvalue weighted by atomic mass is 19.1. The molecule has 1 aliphatic carbocycles. The number of carbonyl (C=O) groups is 8. The molecule has 408 valence electrons. The van der Waals surface area contributed by atoms with Gasteiger partial charge in [-0.2, -0.15) is 0 Å². The summed E-state index contributed by atoms with van der Waals surface area (Å²) in [5.74, 6) is -7.14. The number of nitrogens with one attached hydrogen (secondary N) is 5. The number of halogens is 1. The first-order valence-electron chi connectivity index (χ1n) is 24.8. The molecule has 8 rings (SSSR count). The first-order valence-corrected chi connectivity index (χ1v) is 24.8. The predicted octanol–water partition coefficient (Wildman–Crippen LogP) is -2.99. The molecule has 6 heterocycles. The second kappa shape index (κ2) is 22.3. The summed E-state index contributed by atoms with van der Waals surface area (Å²) in [5, 5.41) is 66.0. The fourth-order valence-corrected chi connectivity index (χ4v) is 10.1. The van der Waals surface area contributed by atoms with Crippen LogP contribution in [0.3, 0.4) is 0 Å². The van der Waals surface area contributed by atoms with E-state index in [1.807, 2.05) is 0 Å². The van der Waals surface area contributed by atoms with Gasteiger partial charge in [-0.25, -0.2) is 14.2 Å². The SMILES string of the molecule is CC[C@@]1(O)C(=O)OCc2c1cc1n(c2=O)Cc2c-1nc1cc(F)c(C)c3c1c2[C@@H](NC(=O)CCNC(=O)[C@H](CO[C@@H]1O[C@H](CO)[C@@H](O)[C@H](O)[C@H]1O)NC(=O)[C@@H](NC(=O)CCNC(=O)CN1C(=O)C=CC1=O)C(C)C)CC3. The normalized spacial score (nSPS) is 24.1. The molecular weight excluding hydrogens is 1000 g/mol.